The number of methoxy groups -OCH3 is 1. The molecule has 0 fully saturated rings. The van der Waals surface area contributed by atoms with Crippen LogP contribution in [0, 0.1) is 0 Å². The number of esters is 1. The Hall–Kier alpha value is -1.32. The minimum absolute atomic E-state index is 0.184. The van der Waals surface area contributed by atoms with Crippen molar-refractivity contribution in [3.05, 3.63) is 11.6 Å². The summed E-state index contributed by atoms with van der Waals surface area (Å²) in [6.07, 6.45) is 4.78. The molecular formula is C11H19NO3. The summed E-state index contributed by atoms with van der Waals surface area (Å²) in [5, 5.41) is 11.5. The number of carbonyl (C=O) groups excluding carboxylic acids is 1. The lowest BCUT2D eigenvalue weighted by molar-refractivity contribution is -0.140. The minimum atomic E-state index is -0.184. The Balaban J connectivity index is 3.75. The Bertz CT molecular complexity index is 257. The van der Waals surface area contributed by atoms with Gasteiger partial charge in [0, 0.05) is 6.42 Å². The van der Waals surface area contributed by atoms with Crippen LogP contribution in [0.2, 0.25) is 0 Å². The van der Waals surface area contributed by atoms with Crippen molar-refractivity contribution in [3.8, 4) is 0 Å². The highest BCUT2D eigenvalue weighted by molar-refractivity contribution is 5.81. The minimum Gasteiger partial charge on any atom is -0.469 e. The summed E-state index contributed by atoms with van der Waals surface area (Å²) in [6.45, 7) is 3.76. The maximum absolute atomic E-state index is 10.8. The number of oxime groups is 1. The highest BCUT2D eigenvalue weighted by Gasteiger charge is 2.00. The van der Waals surface area contributed by atoms with Gasteiger partial charge in [0.25, 0.3) is 0 Å². The van der Waals surface area contributed by atoms with E-state index in [1.54, 1.807) is 6.92 Å². The number of ether oxygens (including phenoxy) is 1. The van der Waals surface area contributed by atoms with Gasteiger partial charge in [-0.25, -0.2) is 0 Å². The maximum Gasteiger partial charge on any atom is 0.305 e. The summed E-state index contributed by atoms with van der Waals surface area (Å²) < 4.78 is 4.54. The summed E-state index contributed by atoms with van der Waals surface area (Å²) in [4.78, 5) is 10.8. The Labute approximate surface area is 90.6 Å². The summed E-state index contributed by atoms with van der Waals surface area (Å²) in [7, 11) is 1.39. The molecule has 0 aliphatic carbocycles. The maximum atomic E-state index is 10.8. The molecule has 1 N–H and O–H groups in total. The molecule has 4 heteroatoms. The smallest absolute Gasteiger partial charge is 0.305 e. The predicted molar refractivity (Wildman–Crippen MR) is 59.1 cm³/mol. The first-order valence-corrected chi connectivity index (χ1v) is 5.00. The van der Waals surface area contributed by atoms with Gasteiger partial charge >= 0.3 is 5.97 Å². The van der Waals surface area contributed by atoms with Crippen molar-refractivity contribution < 1.29 is 14.7 Å². The van der Waals surface area contributed by atoms with Crippen LogP contribution in [0.25, 0.3) is 0 Å². The van der Waals surface area contributed by atoms with E-state index in [2.05, 4.69) is 16.0 Å². The molecule has 4 nitrogen and oxygen atoms in total. The van der Waals surface area contributed by atoms with Gasteiger partial charge in [-0.05, 0) is 33.1 Å². The molecule has 0 aromatic rings. The third kappa shape index (κ3) is 7.73. The van der Waals surface area contributed by atoms with E-state index in [1.807, 2.05) is 6.92 Å². The van der Waals surface area contributed by atoms with Gasteiger partial charge in [-0.3, -0.25) is 4.79 Å². The average molecular weight is 213 g/mol. The Morgan fingerprint density at radius 3 is 2.53 bits per heavy atom. The van der Waals surface area contributed by atoms with Gasteiger partial charge in [0.05, 0.1) is 12.8 Å². The van der Waals surface area contributed by atoms with Crippen LogP contribution >= 0.6 is 0 Å². The molecule has 0 atom stereocenters. The van der Waals surface area contributed by atoms with Crippen molar-refractivity contribution in [2.24, 2.45) is 5.16 Å². The molecule has 15 heavy (non-hydrogen) atoms. The highest BCUT2D eigenvalue weighted by atomic mass is 16.5. The van der Waals surface area contributed by atoms with E-state index in [9.17, 15) is 4.79 Å². The summed E-state index contributed by atoms with van der Waals surface area (Å²) >= 11 is 0. The van der Waals surface area contributed by atoms with Gasteiger partial charge < -0.3 is 9.94 Å². The van der Waals surface area contributed by atoms with Crippen LogP contribution in [-0.2, 0) is 9.53 Å². The fourth-order valence-electron chi connectivity index (χ4n) is 1.08. The van der Waals surface area contributed by atoms with Gasteiger partial charge in [-0.1, -0.05) is 16.8 Å². The van der Waals surface area contributed by atoms with Crippen molar-refractivity contribution in [1.82, 2.24) is 0 Å². The summed E-state index contributed by atoms with van der Waals surface area (Å²) in [5.41, 5.74) is 1.87. The third-order valence-electron chi connectivity index (χ3n) is 2.12. The van der Waals surface area contributed by atoms with Crippen molar-refractivity contribution in [3.63, 3.8) is 0 Å². The fraction of sp³-hybridized carbons (Fsp3) is 0.636. The molecule has 0 amide bonds. The summed E-state index contributed by atoms with van der Waals surface area (Å²) in [5.74, 6) is -0.184. The van der Waals surface area contributed by atoms with Crippen LogP contribution in [0.4, 0.5) is 0 Å². The Morgan fingerprint density at radius 1 is 1.33 bits per heavy atom. The van der Waals surface area contributed by atoms with Crippen molar-refractivity contribution in [2.75, 3.05) is 7.11 Å². The summed E-state index contributed by atoms with van der Waals surface area (Å²) in [6, 6.07) is 0. The number of carbonyl (C=O) groups is 1. The monoisotopic (exact) mass is 213 g/mol. The molecule has 0 aromatic heterocycles. The van der Waals surface area contributed by atoms with Crippen LogP contribution in [0.15, 0.2) is 16.8 Å². The molecule has 0 unspecified atom stereocenters. The van der Waals surface area contributed by atoms with Crippen LogP contribution in [0.5, 0.6) is 0 Å². The highest BCUT2D eigenvalue weighted by Crippen LogP contribution is 2.07. The van der Waals surface area contributed by atoms with E-state index < -0.39 is 0 Å². The molecule has 86 valence electrons. The molecule has 0 rings (SSSR count). The SMILES string of the molecule is COC(=O)CC/C(C)=C\CC/C(C)=N\O. The van der Waals surface area contributed by atoms with E-state index >= 15 is 0 Å². The van der Waals surface area contributed by atoms with Gasteiger partial charge in [0.1, 0.15) is 0 Å². The largest absolute Gasteiger partial charge is 0.469 e. The quantitative estimate of drug-likeness (QED) is 0.242. The standard InChI is InChI=1S/C11H19NO3/c1-9(7-8-11(13)15-3)5-4-6-10(2)12-14/h5,14H,4,6-8H2,1-3H3/b9-5-,12-10-. The zero-order valence-electron chi connectivity index (χ0n) is 9.62. The Morgan fingerprint density at radius 2 is 2.00 bits per heavy atom. The van der Waals surface area contributed by atoms with Crippen molar-refractivity contribution in [1.29, 1.82) is 0 Å². The predicted octanol–water partition coefficient (Wildman–Crippen LogP) is 2.52. The lowest BCUT2D eigenvalue weighted by Gasteiger charge is -2.00. The topological polar surface area (TPSA) is 58.9 Å². The number of nitrogens with zero attached hydrogens (tertiary/aromatic N) is 1. The van der Waals surface area contributed by atoms with Gasteiger partial charge in [0.2, 0.25) is 0 Å². The zero-order chi connectivity index (χ0) is 11.7. The van der Waals surface area contributed by atoms with Gasteiger partial charge in [-0.2, -0.15) is 0 Å². The van der Waals surface area contributed by atoms with Crippen LogP contribution < -0.4 is 0 Å². The second kappa shape index (κ2) is 8.03. The second-order valence-corrected chi connectivity index (χ2v) is 3.50. The Kier molecular flexibility index (Phi) is 7.32. The van der Waals surface area contributed by atoms with E-state index in [0.717, 1.165) is 24.8 Å². The molecule has 0 heterocycles. The number of hydrogen-bond acceptors (Lipinski definition) is 4. The second-order valence-electron chi connectivity index (χ2n) is 3.50. The molecule has 0 saturated carbocycles. The lowest BCUT2D eigenvalue weighted by atomic mass is 10.1. The number of allylic oxidation sites excluding steroid dienone is 2. The molecule has 0 aliphatic rings. The van der Waals surface area contributed by atoms with E-state index in [1.165, 1.54) is 7.11 Å². The van der Waals surface area contributed by atoms with Gasteiger partial charge in [-0.15, -0.1) is 0 Å². The first-order chi connectivity index (χ1) is 7.10. The number of rotatable bonds is 6. The van der Waals surface area contributed by atoms with Crippen molar-refractivity contribution >= 4 is 11.7 Å². The third-order valence-corrected chi connectivity index (χ3v) is 2.12. The van der Waals surface area contributed by atoms with E-state index in [-0.39, 0.29) is 5.97 Å². The molecule has 0 aliphatic heterocycles. The normalized spacial score (nSPS) is 12.7. The van der Waals surface area contributed by atoms with Crippen LogP contribution in [-0.4, -0.2) is 24.0 Å². The zero-order valence-corrected chi connectivity index (χ0v) is 9.62. The van der Waals surface area contributed by atoms with Crippen LogP contribution in [0.1, 0.15) is 39.5 Å². The van der Waals surface area contributed by atoms with Crippen LogP contribution in [0.3, 0.4) is 0 Å². The van der Waals surface area contributed by atoms with E-state index in [4.69, 9.17) is 5.21 Å². The average Bonchev–Trinajstić information content (AvgIpc) is 2.25. The molecule has 0 bridgehead atoms. The first-order valence-electron chi connectivity index (χ1n) is 5.00. The fourth-order valence-corrected chi connectivity index (χ4v) is 1.08. The molecular weight excluding hydrogens is 194 g/mol. The molecule has 0 saturated heterocycles. The molecule has 0 aromatic carbocycles. The van der Waals surface area contributed by atoms with E-state index in [0.29, 0.717) is 12.1 Å². The number of hydrogen-bond donors (Lipinski definition) is 1. The first kappa shape index (κ1) is 13.7. The van der Waals surface area contributed by atoms with Crippen molar-refractivity contribution in [2.45, 2.75) is 39.5 Å². The molecule has 0 spiro atoms. The lowest BCUT2D eigenvalue weighted by Crippen LogP contribution is -1.99. The molecule has 0 radical (unpaired) electrons. The van der Waals surface area contributed by atoms with Gasteiger partial charge in [0.15, 0.2) is 0 Å².